The maximum Gasteiger partial charge on any atom is 0.352 e. The summed E-state index contributed by atoms with van der Waals surface area (Å²) >= 11 is 0. The summed E-state index contributed by atoms with van der Waals surface area (Å²) in [6.07, 6.45) is 0.612. The van der Waals surface area contributed by atoms with Crippen molar-refractivity contribution in [3.63, 3.8) is 0 Å². The van der Waals surface area contributed by atoms with E-state index in [0.717, 1.165) is 30.1 Å². The molecule has 29 heavy (non-hydrogen) atoms. The Hall–Kier alpha value is -3.42. The Morgan fingerprint density at radius 2 is 1.76 bits per heavy atom. The molecule has 8 heteroatoms. The van der Waals surface area contributed by atoms with Crippen LogP contribution in [0.4, 0.5) is 14.6 Å². The van der Waals surface area contributed by atoms with Gasteiger partial charge in [0.05, 0.1) is 6.61 Å². The Balaban J connectivity index is 1.34. The van der Waals surface area contributed by atoms with Crippen LogP contribution in [0.15, 0.2) is 53.3 Å². The molecule has 1 aliphatic heterocycles. The zero-order valence-corrected chi connectivity index (χ0v) is 15.8. The smallest absolute Gasteiger partial charge is 0.352 e. The van der Waals surface area contributed by atoms with Gasteiger partial charge in [-0.3, -0.25) is 4.57 Å². The average molecular weight is 399 g/mol. The summed E-state index contributed by atoms with van der Waals surface area (Å²) in [6, 6.07) is 12.4. The molecule has 1 aliphatic rings. The number of benzene rings is 2. The van der Waals surface area contributed by atoms with E-state index in [1.165, 1.54) is 6.07 Å². The van der Waals surface area contributed by atoms with E-state index in [2.05, 4.69) is 4.98 Å². The summed E-state index contributed by atoms with van der Waals surface area (Å²) in [4.78, 5) is 18.0. The highest BCUT2D eigenvalue weighted by Crippen LogP contribution is 2.24. The van der Waals surface area contributed by atoms with Crippen molar-refractivity contribution in [2.75, 3.05) is 25.1 Å². The van der Waals surface area contributed by atoms with Crippen LogP contribution in [0, 0.1) is 11.6 Å². The van der Waals surface area contributed by atoms with E-state index in [4.69, 9.17) is 9.47 Å². The van der Waals surface area contributed by atoms with E-state index >= 15 is 0 Å². The molecule has 0 saturated carbocycles. The van der Waals surface area contributed by atoms with Crippen LogP contribution in [0.1, 0.15) is 5.56 Å². The molecule has 0 radical (unpaired) electrons. The lowest BCUT2D eigenvalue weighted by Crippen LogP contribution is -2.22. The number of hydrogen-bond acceptors (Lipinski definition) is 5. The number of nitrogens with zero attached hydrogens (tertiary/aromatic N) is 3. The molecular weight excluding hydrogens is 380 g/mol. The summed E-state index contributed by atoms with van der Waals surface area (Å²) in [6.45, 7) is 1.78. The lowest BCUT2D eigenvalue weighted by Gasteiger charge is -2.12. The molecule has 0 amide bonds. The summed E-state index contributed by atoms with van der Waals surface area (Å²) in [5.41, 5.74) is 0.693. The highest BCUT2D eigenvalue weighted by atomic mass is 19.2. The lowest BCUT2D eigenvalue weighted by atomic mass is 10.1. The number of hydrogen-bond donors (Lipinski definition) is 0. The van der Waals surface area contributed by atoms with Crippen molar-refractivity contribution in [1.82, 2.24) is 9.55 Å². The predicted molar refractivity (Wildman–Crippen MR) is 104 cm³/mol. The normalized spacial score (nSPS) is 12.7. The van der Waals surface area contributed by atoms with Gasteiger partial charge >= 0.3 is 5.69 Å². The van der Waals surface area contributed by atoms with Gasteiger partial charge < -0.3 is 14.4 Å². The van der Waals surface area contributed by atoms with Gasteiger partial charge in [0, 0.05) is 38.7 Å². The largest absolute Gasteiger partial charge is 0.477 e. The molecule has 0 aliphatic carbocycles. The zero-order valence-electron chi connectivity index (χ0n) is 15.8. The van der Waals surface area contributed by atoms with Crippen LogP contribution in [0.2, 0.25) is 0 Å². The van der Waals surface area contributed by atoms with Crippen LogP contribution in [-0.2, 0) is 13.0 Å². The van der Waals surface area contributed by atoms with E-state index in [1.54, 1.807) is 22.8 Å². The van der Waals surface area contributed by atoms with E-state index < -0.39 is 11.6 Å². The first kappa shape index (κ1) is 18.9. The van der Waals surface area contributed by atoms with Gasteiger partial charge in [0.2, 0.25) is 5.88 Å². The Kier molecular flexibility index (Phi) is 5.16. The highest BCUT2D eigenvalue weighted by Gasteiger charge is 2.18. The molecule has 0 N–H and O–H groups in total. The number of aromatic nitrogens is 2. The van der Waals surface area contributed by atoms with E-state index in [1.807, 2.05) is 24.1 Å². The second kappa shape index (κ2) is 7.90. The molecule has 1 aromatic heterocycles. The van der Waals surface area contributed by atoms with Gasteiger partial charge in [-0.2, -0.15) is 4.98 Å². The van der Waals surface area contributed by atoms with Crippen LogP contribution < -0.4 is 20.1 Å². The first-order chi connectivity index (χ1) is 14.0. The predicted octanol–water partition coefficient (Wildman–Crippen LogP) is 3.39. The maximum absolute atomic E-state index is 13.2. The summed E-state index contributed by atoms with van der Waals surface area (Å²) in [5, 5.41) is 0. The van der Waals surface area contributed by atoms with Crippen LogP contribution >= 0.6 is 0 Å². The third-order valence-corrected chi connectivity index (χ3v) is 4.71. The van der Waals surface area contributed by atoms with Crippen LogP contribution in [-0.4, -0.2) is 29.8 Å². The number of halogens is 2. The topological polar surface area (TPSA) is 56.6 Å². The monoisotopic (exact) mass is 399 g/mol. The maximum atomic E-state index is 13.2. The number of likely N-dealkylation sites (N-methyl/N-ethyl adjacent to an activating group) is 1. The molecule has 2 aromatic carbocycles. The molecule has 0 spiro atoms. The lowest BCUT2D eigenvalue weighted by molar-refractivity contribution is 0.307. The Labute approximate surface area is 165 Å². The van der Waals surface area contributed by atoms with Crippen LogP contribution in [0.5, 0.6) is 17.4 Å². The Morgan fingerprint density at radius 1 is 1.00 bits per heavy atom. The number of ether oxygens (including phenoxy) is 2. The fraction of sp³-hybridized carbons (Fsp3) is 0.238. The first-order valence-electron chi connectivity index (χ1n) is 9.17. The molecule has 3 aromatic rings. The van der Waals surface area contributed by atoms with E-state index in [9.17, 15) is 13.6 Å². The Morgan fingerprint density at radius 3 is 2.52 bits per heavy atom. The van der Waals surface area contributed by atoms with Crippen molar-refractivity contribution in [3.05, 3.63) is 76.2 Å². The van der Waals surface area contributed by atoms with Crippen molar-refractivity contribution in [2.24, 2.45) is 0 Å². The summed E-state index contributed by atoms with van der Waals surface area (Å²) in [5.74, 6) is -0.0230. The van der Waals surface area contributed by atoms with Crippen molar-refractivity contribution >= 4 is 5.82 Å². The van der Waals surface area contributed by atoms with E-state index in [-0.39, 0.29) is 11.4 Å². The van der Waals surface area contributed by atoms with Crippen molar-refractivity contribution in [1.29, 1.82) is 0 Å². The number of anilines is 1. The van der Waals surface area contributed by atoms with Gasteiger partial charge in [-0.1, -0.05) is 12.1 Å². The van der Waals surface area contributed by atoms with Crippen LogP contribution in [0.25, 0.3) is 0 Å². The first-order valence-corrected chi connectivity index (χ1v) is 9.17. The Bertz CT molecular complexity index is 1080. The van der Waals surface area contributed by atoms with Gasteiger partial charge in [0.25, 0.3) is 0 Å². The average Bonchev–Trinajstić information content (AvgIpc) is 3.08. The fourth-order valence-corrected chi connectivity index (χ4v) is 3.11. The fourth-order valence-electron chi connectivity index (χ4n) is 3.11. The zero-order chi connectivity index (χ0) is 20.4. The van der Waals surface area contributed by atoms with Gasteiger partial charge in [0.1, 0.15) is 17.3 Å². The molecule has 0 bridgehead atoms. The number of fused-ring (bicyclic) bond motifs is 1. The van der Waals surface area contributed by atoms with Gasteiger partial charge in [-0.05, 0) is 29.8 Å². The van der Waals surface area contributed by atoms with Crippen molar-refractivity contribution in [2.45, 2.75) is 13.0 Å². The second-order valence-corrected chi connectivity index (χ2v) is 6.73. The highest BCUT2D eigenvalue weighted by molar-refractivity contribution is 5.44. The summed E-state index contributed by atoms with van der Waals surface area (Å²) in [7, 11) is 1.92. The van der Waals surface area contributed by atoms with Crippen LogP contribution in [0.3, 0.4) is 0 Å². The van der Waals surface area contributed by atoms with Gasteiger partial charge in [-0.25, -0.2) is 13.6 Å². The minimum Gasteiger partial charge on any atom is -0.477 e. The molecule has 4 rings (SSSR count). The van der Waals surface area contributed by atoms with Crippen molar-refractivity contribution in [3.8, 4) is 17.4 Å². The summed E-state index contributed by atoms with van der Waals surface area (Å²) < 4.78 is 39.0. The molecule has 6 nitrogen and oxygen atoms in total. The molecule has 0 atom stereocenters. The van der Waals surface area contributed by atoms with Crippen molar-refractivity contribution < 1.29 is 18.3 Å². The van der Waals surface area contributed by atoms with Gasteiger partial charge in [0.15, 0.2) is 11.6 Å². The third kappa shape index (κ3) is 4.21. The van der Waals surface area contributed by atoms with E-state index in [0.29, 0.717) is 31.2 Å². The quantitative estimate of drug-likeness (QED) is 0.636. The number of rotatable bonds is 6. The minimum absolute atomic E-state index is 0.221. The molecule has 0 fully saturated rings. The molecular formula is C21H19F2N3O3. The standard InChI is InChI=1S/C21H19F2N3O3/c1-25-9-10-26-20(25)13-19(24-21(26)27)28-11-8-14-2-4-15(5-3-14)29-16-6-7-17(22)18(23)12-16/h2-7,12-13H,8-11H2,1H3. The molecule has 0 saturated heterocycles. The third-order valence-electron chi connectivity index (χ3n) is 4.71. The molecule has 150 valence electrons. The molecule has 0 unspecified atom stereocenters. The minimum atomic E-state index is -0.956. The second-order valence-electron chi connectivity index (χ2n) is 6.73. The SMILES string of the molecule is CN1CCn2c1cc(OCCc1ccc(Oc3ccc(F)c(F)c3)cc1)nc2=O. The molecule has 2 heterocycles. The van der Waals surface area contributed by atoms with Gasteiger partial charge in [-0.15, -0.1) is 0 Å².